The molecule has 0 saturated heterocycles. The number of nitrogens with zero attached hydrogens (tertiary/aromatic N) is 2. The Bertz CT molecular complexity index is 718. The molecule has 0 bridgehead atoms. The van der Waals surface area contributed by atoms with Gasteiger partial charge in [0.1, 0.15) is 5.01 Å². The van der Waals surface area contributed by atoms with Crippen molar-refractivity contribution in [2.75, 3.05) is 11.9 Å². The number of nitrogens with one attached hydrogen (secondary N) is 1. The van der Waals surface area contributed by atoms with Crippen LogP contribution in [0.2, 0.25) is 5.02 Å². The van der Waals surface area contributed by atoms with Gasteiger partial charge in [-0.05, 0) is 25.1 Å². The first kappa shape index (κ1) is 15.4. The fourth-order valence-corrected chi connectivity index (χ4v) is 2.30. The van der Waals surface area contributed by atoms with Crippen LogP contribution in [-0.2, 0) is 0 Å². The van der Waals surface area contributed by atoms with Gasteiger partial charge in [-0.3, -0.25) is 10.1 Å². The molecule has 0 aliphatic heterocycles. The van der Waals surface area contributed by atoms with Gasteiger partial charge in [-0.1, -0.05) is 34.8 Å². The predicted octanol–water partition coefficient (Wildman–Crippen LogP) is 2.49. The number of anilines is 1. The Kier molecular flexibility index (Phi) is 5.28. The lowest BCUT2D eigenvalue weighted by molar-refractivity contribution is 0.102. The Hall–Kier alpha value is -1.94. The van der Waals surface area contributed by atoms with Crippen LogP contribution in [0, 0.1) is 18.8 Å². The Labute approximate surface area is 131 Å². The van der Waals surface area contributed by atoms with Gasteiger partial charge in [0.15, 0.2) is 0 Å². The zero-order valence-electron chi connectivity index (χ0n) is 11.2. The standard InChI is InChI=1S/C14H12ClN3O2S/c1-9-17-18-14(21-9)16-13(20)11-6-5-10(12(15)8-11)4-2-3-7-19/h5-6,8,19H,3,7H2,1H3,(H,16,18,20). The number of aryl methyl sites for hydroxylation is 1. The number of halogens is 1. The molecule has 2 N–H and O–H groups in total. The van der Waals surface area contributed by atoms with Gasteiger partial charge in [-0.15, -0.1) is 10.2 Å². The molecule has 0 aliphatic rings. The molecule has 2 rings (SSSR count). The van der Waals surface area contributed by atoms with Crippen molar-refractivity contribution in [2.45, 2.75) is 13.3 Å². The first-order valence-electron chi connectivity index (χ1n) is 6.11. The third-order valence-electron chi connectivity index (χ3n) is 2.44. The van der Waals surface area contributed by atoms with E-state index in [1.807, 2.05) is 6.92 Å². The van der Waals surface area contributed by atoms with Crippen LogP contribution >= 0.6 is 22.9 Å². The van der Waals surface area contributed by atoms with Gasteiger partial charge in [0.2, 0.25) is 5.13 Å². The molecule has 0 saturated carbocycles. The minimum atomic E-state index is -0.303. The fourth-order valence-electron chi connectivity index (χ4n) is 1.49. The highest BCUT2D eigenvalue weighted by molar-refractivity contribution is 7.15. The zero-order chi connectivity index (χ0) is 15.2. The normalized spacial score (nSPS) is 9.86. The van der Waals surface area contributed by atoms with E-state index in [1.54, 1.807) is 18.2 Å². The Balaban J connectivity index is 2.12. The van der Waals surface area contributed by atoms with Crippen LogP contribution < -0.4 is 5.32 Å². The Morgan fingerprint density at radius 1 is 1.48 bits per heavy atom. The van der Waals surface area contributed by atoms with Crippen molar-refractivity contribution >= 4 is 34.0 Å². The summed E-state index contributed by atoms with van der Waals surface area (Å²) in [6, 6.07) is 4.86. The van der Waals surface area contributed by atoms with Crippen LogP contribution in [0.3, 0.4) is 0 Å². The molecule has 1 amide bonds. The second-order valence-electron chi connectivity index (χ2n) is 4.05. The van der Waals surface area contributed by atoms with Gasteiger partial charge in [-0.2, -0.15) is 0 Å². The number of carbonyl (C=O) groups is 1. The van der Waals surface area contributed by atoms with Crippen LogP contribution in [-0.4, -0.2) is 27.8 Å². The number of amides is 1. The number of benzene rings is 1. The second-order valence-corrected chi connectivity index (χ2v) is 5.64. The van der Waals surface area contributed by atoms with E-state index in [0.29, 0.717) is 27.7 Å². The first-order chi connectivity index (χ1) is 10.1. The summed E-state index contributed by atoms with van der Waals surface area (Å²) in [4.78, 5) is 12.0. The molecule has 0 fully saturated rings. The summed E-state index contributed by atoms with van der Waals surface area (Å²) in [5.74, 6) is 5.32. The van der Waals surface area contributed by atoms with E-state index in [4.69, 9.17) is 16.7 Å². The van der Waals surface area contributed by atoms with Crippen molar-refractivity contribution in [3.63, 3.8) is 0 Å². The lowest BCUT2D eigenvalue weighted by atomic mass is 10.1. The van der Waals surface area contributed by atoms with Crippen molar-refractivity contribution in [1.82, 2.24) is 10.2 Å². The van der Waals surface area contributed by atoms with E-state index in [0.717, 1.165) is 5.01 Å². The predicted molar refractivity (Wildman–Crippen MR) is 82.6 cm³/mol. The fraction of sp³-hybridized carbons (Fsp3) is 0.214. The van der Waals surface area contributed by atoms with Crippen molar-refractivity contribution in [3.05, 3.63) is 39.4 Å². The van der Waals surface area contributed by atoms with Gasteiger partial charge in [0.25, 0.3) is 5.91 Å². The molecule has 108 valence electrons. The average Bonchev–Trinajstić information content (AvgIpc) is 2.86. The molecule has 2 aromatic rings. The summed E-state index contributed by atoms with van der Waals surface area (Å²) in [6.45, 7) is 1.82. The molecule has 21 heavy (non-hydrogen) atoms. The number of hydrogen-bond acceptors (Lipinski definition) is 5. The molecular weight excluding hydrogens is 310 g/mol. The summed E-state index contributed by atoms with van der Waals surface area (Å²) in [6.07, 6.45) is 0.384. The molecule has 0 radical (unpaired) electrons. The van der Waals surface area contributed by atoms with E-state index in [2.05, 4.69) is 27.4 Å². The zero-order valence-corrected chi connectivity index (χ0v) is 12.8. The van der Waals surface area contributed by atoms with E-state index < -0.39 is 0 Å². The van der Waals surface area contributed by atoms with Crippen molar-refractivity contribution in [3.8, 4) is 11.8 Å². The minimum Gasteiger partial charge on any atom is -0.395 e. The molecule has 0 spiro atoms. The first-order valence-corrected chi connectivity index (χ1v) is 7.30. The van der Waals surface area contributed by atoms with Crippen LogP contribution in [0.5, 0.6) is 0 Å². The summed E-state index contributed by atoms with van der Waals surface area (Å²) in [5, 5.41) is 20.6. The van der Waals surface area contributed by atoms with E-state index in [1.165, 1.54) is 11.3 Å². The van der Waals surface area contributed by atoms with Gasteiger partial charge in [0.05, 0.1) is 11.6 Å². The number of rotatable bonds is 3. The quantitative estimate of drug-likeness (QED) is 0.852. The third-order valence-corrected chi connectivity index (χ3v) is 3.50. The third kappa shape index (κ3) is 4.26. The molecule has 0 atom stereocenters. The van der Waals surface area contributed by atoms with Crippen LogP contribution in [0.25, 0.3) is 0 Å². The molecule has 0 aliphatic carbocycles. The van der Waals surface area contributed by atoms with Gasteiger partial charge in [-0.25, -0.2) is 0 Å². The lowest BCUT2D eigenvalue weighted by Gasteiger charge is -2.03. The highest BCUT2D eigenvalue weighted by Gasteiger charge is 2.10. The molecule has 5 nitrogen and oxygen atoms in total. The molecule has 1 aromatic carbocycles. The SMILES string of the molecule is Cc1nnc(NC(=O)c2ccc(C#CCCO)c(Cl)c2)s1. The highest BCUT2D eigenvalue weighted by Crippen LogP contribution is 2.19. The lowest BCUT2D eigenvalue weighted by Crippen LogP contribution is -2.11. The van der Waals surface area contributed by atoms with E-state index in [-0.39, 0.29) is 12.5 Å². The monoisotopic (exact) mass is 321 g/mol. The molecule has 0 unspecified atom stereocenters. The number of carbonyl (C=O) groups excluding carboxylic acids is 1. The summed E-state index contributed by atoms with van der Waals surface area (Å²) in [5.41, 5.74) is 1.04. The maximum atomic E-state index is 12.0. The van der Waals surface area contributed by atoms with Crippen molar-refractivity contribution < 1.29 is 9.90 Å². The second kappa shape index (κ2) is 7.18. The van der Waals surface area contributed by atoms with Crippen LogP contribution in [0.4, 0.5) is 5.13 Å². The maximum Gasteiger partial charge on any atom is 0.257 e. The molecule has 1 aromatic heterocycles. The van der Waals surface area contributed by atoms with E-state index in [9.17, 15) is 4.79 Å². The molecule has 1 heterocycles. The number of hydrogen-bond donors (Lipinski definition) is 2. The topological polar surface area (TPSA) is 75.1 Å². The highest BCUT2D eigenvalue weighted by atomic mass is 35.5. The number of aliphatic hydroxyl groups is 1. The van der Waals surface area contributed by atoms with Crippen molar-refractivity contribution in [1.29, 1.82) is 0 Å². The van der Waals surface area contributed by atoms with Gasteiger partial charge >= 0.3 is 0 Å². The Morgan fingerprint density at radius 3 is 2.90 bits per heavy atom. The number of aliphatic hydroxyl groups excluding tert-OH is 1. The molecular formula is C14H12ClN3O2S. The largest absolute Gasteiger partial charge is 0.395 e. The van der Waals surface area contributed by atoms with E-state index >= 15 is 0 Å². The maximum absolute atomic E-state index is 12.0. The van der Waals surface area contributed by atoms with Crippen LogP contribution in [0.15, 0.2) is 18.2 Å². The number of aromatic nitrogens is 2. The summed E-state index contributed by atoms with van der Waals surface area (Å²) in [7, 11) is 0. The van der Waals surface area contributed by atoms with Crippen LogP contribution in [0.1, 0.15) is 27.3 Å². The smallest absolute Gasteiger partial charge is 0.257 e. The summed E-state index contributed by atoms with van der Waals surface area (Å²) >= 11 is 7.39. The average molecular weight is 322 g/mol. The minimum absolute atomic E-state index is 0.00632. The summed E-state index contributed by atoms with van der Waals surface area (Å²) < 4.78 is 0. The van der Waals surface area contributed by atoms with Crippen molar-refractivity contribution in [2.24, 2.45) is 0 Å². The Morgan fingerprint density at radius 2 is 2.29 bits per heavy atom. The van der Waals surface area contributed by atoms with Gasteiger partial charge in [0, 0.05) is 17.5 Å². The molecule has 7 heteroatoms. The van der Waals surface area contributed by atoms with Gasteiger partial charge < -0.3 is 5.11 Å².